The molecule has 0 amide bonds. The number of piperazine rings is 1. The second-order valence-corrected chi connectivity index (χ2v) is 7.89. The van der Waals surface area contributed by atoms with Crippen LogP contribution in [0.15, 0.2) is 0 Å². The molecule has 2 rings (SSSR count). The van der Waals surface area contributed by atoms with E-state index in [-0.39, 0.29) is 0 Å². The van der Waals surface area contributed by atoms with Crippen LogP contribution in [0.5, 0.6) is 0 Å². The van der Waals surface area contributed by atoms with E-state index < -0.39 is 0 Å². The van der Waals surface area contributed by atoms with Crippen LogP contribution in [0.1, 0.15) is 72.6 Å². The quantitative estimate of drug-likeness (QED) is 0.675. The van der Waals surface area contributed by atoms with E-state index in [1.165, 1.54) is 64.6 Å². The average molecular weight is 280 g/mol. The van der Waals surface area contributed by atoms with Gasteiger partial charge in [-0.2, -0.15) is 0 Å². The van der Waals surface area contributed by atoms with Gasteiger partial charge in [0.25, 0.3) is 0 Å². The first-order chi connectivity index (χ1) is 9.55. The van der Waals surface area contributed by atoms with Gasteiger partial charge in [0.2, 0.25) is 0 Å². The van der Waals surface area contributed by atoms with Crippen molar-refractivity contribution in [2.45, 2.75) is 84.2 Å². The highest BCUT2D eigenvalue weighted by atomic mass is 15.3. The Morgan fingerprint density at radius 3 is 2.55 bits per heavy atom. The zero-order valence-corrected chi connectivity index (χ0v) is 14.3. The summed E-state index contributed by atoms with van der Waals surface area (Å²) in [5.41, 5.74) is 0.401. The summed E-state index contributed by atoms with van der Waals surface area (Å²) in [7, 11) is 0. The van der Waals surface area contributed by atoms with Gasteiger partial charge >= 0.3 is 0 Å². The highest BCUT2D eigenvalue weighted by molar-refractivity contribution is 5.04. The van der Waals surface area contributed by atoms with Crippen LogP contribution in [-0.4, -0.2) is 36.1 Å². The molecule has 1 aliphatic carbocycles. The van der Waals surface area contributed by atoms with E-state index in [0.717, 1.165) is 17.9 Å². The van der Waals surface area contributed by atoms with Gasteiger partial charge in [0, 0.05) is 24.7 Å². The van der Waals surface area contributed by atoms with E-state index in [1.807, 2.05) is 0 Å². The molecular formula is C18H36N2. The standard InChI is InChI=1S/C18H36N2/c1-5-6-7-8-11-20-14-18(4,16-9-10-16)19-13-17(20)12-15(2)3/h15-17,19H,5-14H2,1-4H3. The summed E-state index contributed by atoms with van der Waals surface area (Å²) in [6, 6.07) is 0.767. The summed E-state index contributed by atoms with van der Waals surface area (Å²) < 4.78 is 0. The van der Waals surface area contributed by atoms with Gasteiger partial charge in [-0.25, -0.2) is 0 Å². The molecule has 1 N–H and O–H groups in total. The number of rotatable bonds is 8. The molecule has 2 heteroatoms. The van der Waals surface area contributed by atoms with Crippen molar-refractivity contribution in [2.24, 2.45) is 11.8 Å². The third kappa shape index (κ3) is 4.46. The molecule has 0 aromatic rings. The largest absolute Gasteiger partial charge is 0.308 e. The minimum atomic E-state index is 0.401. The molecule has 2 unspecified atom stereocenters. The van der Waals surface area contributed by atoms with Crippen LogP contribution in [0.2, 0.25) is 0 Å². The normalized spacial score (nSPS) is 31.9. The lowest BCUT2D eigenvalue weighted by Gasteiger charge is -2.47. The van der Waals surface area contributed by atoms with Crippen molar-refractivity contribution in [1.82, 2.24) is 10.2 Å². The molecule has 2 aliphatic rings. The molecule has 1 saturated heterocycles. The average Bonchev–Trinajstić information content (AvgIpc) is 3.22. The van der Waals surface area contributed by atoms with Crippen LogP contribution in [0.3, 0.4) is 0 Å². The van der Waals surface area contributed by atoms with Crippen molar-refractivity contribution in [3.63, 3.8) is 0 Å². The summed E-state index contributed by atoms with van der Waals surface area (Å²) in [4.78, 5) is 2.82. The molecule has 2 atom stereocenters. The predicted octanol–water partition coefficient (Wildman–Crippen LogP) is 4.06. The highest BCUT2D eigenvalue weighted by Crippen LogP contribution is 2.41. The molecule has 1 heterocycles. The number of hydrogen-bond donors (Lipinski definition) is 1. The first-order valence-corrected chi connectivity index (χ1v) is 9.04. The third-order valence-electron chi connectivity index (χ3n) is 5.31. The molecule has 0 bridgehead atoms. The summed E-state index contributed by atoms with van der Waals surface area (Å²) in [5, 5.41) is 3.90. The van der Waals surface area contributed by atoms with Gasteiger partial charge in [0.15, 0.2) is 0 Å². The lowest BCUT2D eigenvalue weighted by Crippen LogP contribution is -2.64. The predicted molar refractivity (Wildman–Crippen MR) is 88.1 cm³/mol. The molecular weight excluding hydrogens is 244 g/mol. The molecule has 1 aliphatic heterocycles. The van der Waals surface area contributed by atoms with Gasteiger partial charge in [-0.1, -0.05) is 40.0 Å². The molecule has 0 spiro atoms. The maximum Gasteiger partial charge on any atom is 0.0309 e. The van der Waals surface area contributed by atoms with Gasteiger partial charge in [0.1, 0.15) is 0 Å². The van der Waals surface area contributed by atoms with Crippen LogP contribution >= 0.6 is 0 Å². The first-order valence-electron chi connectivity index (χ1n) is 9.04. The fraction of sp³-hybridized carbons (Fsp3) is 1.00. The van der Waals surface area contributed by atoms with Crippen molar-refractivity contribution in [2.75, 3.05) is 19.6 Å². The van der Waals surface area contributed by atoms with E-state index in [2.05, 4.69) is 37.9 Å². The van der Waals surface area contributed by atoms with Crippen LogP contribution in [0, 0.1) is 11.8 Å². The van der Waals surface area contributed by atoms with Crippen LogP contribution < -0.4 is 5.32 Å². The van der Waals surface area contributed by atoms with Gasteiger partial charge in [-0.05, 0) is 51.0 Å². The zero-order valence-electron chi connectivity index (χ0n) is 14.3. The summed E-state index contributed by atoms with van der Waals surface area (Å²) >= 11 is 0. The molecule has 2 fully saturated rings. The number of nitrogens with zero attached hydrogens (tertiary/aromatic N) is 1. The zero-order chi connectivity index (χ0) is 14.6. The van der Waals surface area contributed by atoms with Crippen LogP contribution in [-0.2, 0) is 0 Å². The second-order valence-electron chi connectivity index (χ2n) is 7.89. The Balaban J connectivity index is 1.87. The van der Waals surface area contributed by atoms with Crippen molar-refractivity contribution < 1.29 is 0 Å². The van der Waals surface area contributed by atoms with E-state index in [4.69, 9.17) is 0 Å². The maximum atomic E-state index is 3.90. The summed E-state index contributed by atoms with van der Waals surface area (Å²) in [5.74, 6) is 1.76. The maximum absolute atomic E-state index is 3.90. The topological polar surface area (TPSA) is 15.3 Å². The van der Waals surface area contributed by atoms with E-state index in [9.17, 15) is 0 Å². The van der Waals surface area contributed by atoms with Crippen LogP contribution in [0.25, 0.3) is 0 Å². The first kappa shape index (κ1) is 16.3. The number of unbranched alkanes of at least 4 members (excludes halogenated alkanes) is 3. The molecule has 20 heavy (non-hydrogen) atoms. The second kappa shape index (κ2) is 7.26. The molecule has 2 nitrogen and oxygen atoms in total. The Bertz CT molecular complexity index is 285. The Morgan fingerprint density at radius 1 is 1.20 bits per heavy atom. The Morgan fingerprint density at radius 2 is 1.95 bits per heavy atom. The fourth-order valence-corrected chi connectivity index (χ4v) is 3.86. The Labute approximate surface area is 126 Å². The third-order valence-corrected chi connectivity index (χ3v) is 5.31. The lowest BCUT2D eigenvalue weighted by molar-refractivity contribution is 0.0629. The van der Waals surface area contributed by atoms with Crippen molar-refractivity contribution in [3.05, 3.63) is 0 Å². The van der Waals surface area contributed by atoms with E-state index >= 15 is 0 Å². The van der Waals surface area contributed by atoms with Crippen LogP contribution in [0.4, 0.5) is 0 Å². The molecule has 118 valence electrons. The molecule has 0 aromatic carbocycles. The fourth-order valence-electron chi connectivity index (χ4n) is 3.86. The van der Waals surface area contributed by atoms with Gasteiger partial charge in [-0.15, -0.1) is 0 Å². The van der Waals surface area contributed by atoms with Crippen molar-refractivity contribution in [1.29, 1.82) is 0 Å². The monoisotopic (exact) mass is 280 g/mol. The van der Waals surface area contributed by atoms with Gasteiger partial charge < -0.3 is 5.32 Å². The van der Waals surface area contributed by atoms with Crippen molar-refractivity contribution in [3.8, 4) is 0 Å². The minimum Gasteiger partial charge on any atom is -0.308 e. The van der Waals surface area contributed by atoms with Gasteiger partial charge in [0.05, 0.1) is 0 Å². The number of nitrogens with one attached hydrogen (secondary N) is 1. The summed E-state index contributed by atoms with van der Waals surface area (Å²) in [6.07, 6.45) is 9.79. The molecule has 1 saturated carbocycles. The van der Waals surface area contributed by atoms with E-state index in [1.54, 1.807) is 0 Å². The Hall–Kier alpha value is -0.0800. The summed E-state index contributed by atoms with van der Waals surface area (Å²) in [6.45, 7) is 13.3. The SMILES string of the molecule is CCCCCCN1CC(C)(C2CC2)NCC1CC(C)C. The molecule has 0 radical (unpaired) electrons. The van der Waals surface area contributed by atoms with Gasteiger partial charge in [-0.3, -0.25) is 4.90 Å². The smallest absolute Gasteiger partial charge is 0.0309 e. The van der Waals surface area contributed by atoms with E-state index in [0.29, 0.717) is 5.54 Å². The van der Waals surface area contributed by atoms with Crippen molar-refractivity contribution >= 4 is 0 Å². The number of hydrogen-bond acceptors (Lipinski definition) is 2. The minimum absolute atomic E-state index is 0.401. The Kier molecular flexibility index (Phi) is 5.92. The highest BCUT2D eigenvalue weighted by Gasteiger charge is 2.45. The lowest BCUT2D eigenvalue weighted by atomic mass is 9.88. The molecule has 0 aromatic heterocycles.